The summed E-state index contributed by atoms with van der Waals surface area (Å²) in [5.41, 5.74) is 10.2. The minimum atomic E-state index is -0.777. The Labute approximate surface area is 203 Å². The maximum Gasteiger partial charge on any atom is 0.273 e. The lowest BCUT2D eigenvalue weighted by Crippen LogP contribution is -2.25. The zero-order chi connectivity index (χ0) is 24.5. The van der Waals surface area contributed by atoms with Crippen LogP contribution in [0.2, 0.25) is 5.02 Å². The number of nitrogens with one attached hydrogen (secondary N) is 3. The summed E-state index contributed by atoms with van der Waals surface area (Å²) in [6.07, 6.45) is 8.70. The Morgan fingerprint density at radius 1 is 1.29 bits per heavy atom. The molecule has 0 aliphatic heterocycles. The summed E-state index contributed by atoms with van der Waals surface area (Å²) in [5.74, 6) is -0.706. The van der Waals surface area contributed by atoms with Crippen LogP contribution < -0.4 is 10.3 Å². The Kier molecular flexibility index (Phi) is 5.95. The van der Waals surface area contributed by atoms with Gasteiger partial charge in [-0.15, -0.1) is 5.10 Å². The van der Waals surface area contributed by atoms with E-state index in [2.05, 4.69) is 38.1 Å². The first-order chi connectivity index (χ1) is 17.0. The molecule has 1 aliphatic carbocycles. The Morgan fingerprint density at radius 3 is 2.86 bits per heavy atom. The van der Waals surface area contributed by atoms with Crippen molar-refractivity contribution < 1.29 is 9.18 Å². The molecule has 0 atom stereocenters. The predicted molar refractivity (Wildman–Crippen MR) is 125 cm³/mol. The van der Waals surface area contributed by atoms with Crippen LogP contribution in [-0.4, -0.2) is 36.6 Å². The quantitative estimate of drug-likeness (QED) is 0.140. The van der Waals surface area contributed by atoms with Gasteiger partial charge in [0.15, 0.2) is 5.69 Å². The fraction of sp³-hybridized carbons (Fsp3) is 0.227. The van der Waals surface area contributed by atoms with Crippen LogP contribution in [0.1, 0.15) is 46.1 Å². The van der Waals surface area contributed by atoms with Crippen LogP contribution in [0.4, 0.5) is 10.1 Å². The van der Waals surface area contributed by atoms with E-state index >= 15 is 0 Å². The van der Waals surface area contributed by atoms with Crippen LogP contribution in [0, 0.1) is 16.8 Å². The molecule has 0 spiro atoms. The van der Waals surface area contributed by atoms with E-state index in [4.69, 9.17) is 22.5 Å². The summed E-state index contributed by atoms with van der Waals surface area (Å²) in [5, 5.41) is 21.7. The highest BCUT2D eigenvalue weighted by molar-refractivity contribution is 6.30. The molecule has 35 heavy (non-hydrogen) atoms. The van der Waals surface area contributed by atoms with Crippen molar-refractivity contribution in [2.45, 2.75) is 31.8 Å². The molecule has 1 amide bonds. The number of nitrogens with zero attached hydrogens (tertiary/aromatic N) is 7. The smallest absolute Gasteiger partial charge is 0.273 e. The number of imidazole rings is 1. The second kappa shape index (κ2) is 9.22. The monoisotopic (exact) mass is 494 g/mol. The standard InChI is InChI=1S/C22H20ClFN10O/c23-17-4-5-19(34(12-25)30-26)16(21(17)24)7-27-22(35)18-11-33(31-29-18)10-15-9-32-8-14(13-1-2-13)3-6-20(32)28-15/h3-6,8-9,11-13,25-26H,1-2,7,10H2,(H,27,35). The van der Waals surface area contributed by atoms with Gasteiger partial charge in [0, 0.05) is 24.5 Å². The van der Waals surface area contributed by atoms with Crippen LogP contribution in [0.5, 0.6) is 0 Å². The topological polar surface area (TPSA) is 140 Å². The summed E-state index contributed by atoms with van der Waals surface area (Å²) < 4.78 is 18.1. The minimum Gasteiger partial charge on any atom is -0.346 e. The molecule has 1 fully saturated rings. The molecule has 3 heterocycles. The van der Waals surface area contributed by atoms with E-state index in [0.717, 1.165) is 22.7 Å². The SMILES string of the molecule is N=CN(N=N)c1ccc(Cl)c(F)c1CNC(=O)c1cn(Cc2cn3cc(C4CC4)ccc3n2)nn1. The number of pyridine rings is 1. The summed E-state index contributed by atoms with van der Waals surface area (Å²) in [4.78, 5) is 17.2. The molecule has 3 N–H and O–H groups in total. The van der Waals surface area contributed by atoms with E-state index < -0.39 is 11.7 Å². The van der Waals surface area contributed by atoms with Crippen LogP contribution in [0.25, 0.3) is 5.65 Å². The molecule has 0 bridgehead atoms. The first kappa shape index (κ1) is 22.6. The molecule has 0 radical (unpaired) electrons. The third-order valence-corrected chi connectivity index (χ3v) is 6.03. The van der Waals surface area contributed by atoms with Gasteiger partial charge in [-0.05, 0) is 42.5 Å². The molecular weight excluding hydrogens is 475 g/mol. The van der Waals surface area contributed by atoms with Gasteiger partial charge >= 0.3 is 0 Å². The molecule has 0 saturated heterocycles. The number of hydrogen-bond donors (Lipinski definition) is 3. The number of halogens is 2. The molecule has 1 aromatic carbocycles. The van der Waals surface area contributed by atoms with E-state index in [9.17, 15) is 9.18 Å². The van der Waals surface area contributed by atoms with Gasteiger partial charge in [-0.2, -0.15) is 5.53 Å². The van der Waals surface area contributed by atoms with Crippen molar-refractivity contribution in [3.05, 3.63) is 76.2 Å². The van der Waals surface area contributed by atoms with Crippen molar-refractivity contribution >= 4 is 35.2 Å². The number of fused-ring (bicyclic) bond motifs is 1. The molecular formula is C22H20ClFN10O. The highest BCUT2D eigenvalue weighted by Crippen LogP contribution is 2.39. The van der Waals surface area contributed by atoms with Gasteiger partial charge in [0.1, 0.15) is 17.8 Å². The van der Waals surface area contributed by atoms with Gasteiger partial charge in [-0.25, -0.2) is 19.1 Å². The lowest BCUT2D eigenvalue weighted by molar-refractivity contribution is 0.0945. The van der Waals surface area contributed by atoms with E-state index in [1.807, 2.05) is 16.7 Å². The average molecular weight is 495 g/mol. The van der Waals surface area contributed by atoms with Crippen LogP contribution in [0.3, 0.4) is 0 Å². The number of benzene rings is 1. The first-order valence-electron chi connectivity index (χ1n) is 10.8. The van der Waals surface area contributed by atoms with E-state index in [0.29, 0.717) is 12.5 Å². The summed E-state index contributed by atoms with van der Waals surface area (Å²) >= 11 is 5.87. The number of anilines is 1. The molecule has 4 aromatic rings. The number of carbonyl (C=O) groups excluding carboxylic acids is 1. The second-order valence-electron chi connectivity index (χ2n) is 8.15. The van der Waals surface area contributed by atoms with Crippen LogP contribution in [-0.2, 0) is 13.1 Å². The number of aromatic nitrogens is 5. The largest absolute Gasteiger partial charge is 0.346 e. The number of carbonyl (C=O) groups is 1. The Hall–Kier alpha value is -4.19. The first-order valence-corrected chi connectivity index (χ1v) is 11.1. The number of amides is 1. The van der Waals surface area contributed by atoms with Crippen molar-refractivity contribution in [2.75, 3.05) is 5.01 Å². The number of hydrogen-bond acceptors (Lipinski definition) is 7. The van der Waals surface area contributed by atoms with Gasteiger partial charge in [0.05, 0.1) is 29.1 Å². The maximum absolute atomic E-state index is 14.6. The lowest BCUT2D eigenvalue weighted by Gasteiger charge is -2.17. The van der Waals surface area contributed by atoms with Gasteiger partial charge in [-0.1, -0.05) is 28.1 Å². The summed E-state index contributed by atoms with van der Waals surface area (Å²) in [6.45, 7) is 0.0656. The van der Waals surface area contributed by atoms with Gasteiger partial charge in [0.2, 0.25) is 0 Å². The maximum atomic E-state index is 14.6. The molecule has 13 heteroatoms. The molecule has 0 unspecified atom stereocenters. The second-order valence-corrected chi connectivity index (χ2v) is 8.56. The molecule has 3 aromatic heterocycles. The van der Waals surface area contributed by atoms with E-state index in [1.165, 1.54) is 41.4 Å². The highest BCUT2D eigenvalue weighted by atomic mass is 35.5. The van der Waals surface area contributed by atoms with E-state index in [1.54, 1.807) is 0 Å². The lowest BCUT2D eigenvalue weighted by atomic mass is 10.1. The van der Waals surface area contributed by atoms with Crippen molar-refractivity contribution in [3.63, 3.8) is 0 Å². The average Bonchev–Trinajstić information content (AvgIpc) is 3.47. The zero-order valence-corrected chi connectivity index (χ0v) is 19.1. The van der Waals surface area contributed by atoms with E-state index in [-0.39, 0.29) is 28.5 Å². The minimum absolute atomic E-state index is 0.0204. The highest BCUT2D eigenvalue weighted by Gasteiger charge is 2.24. The zero-order valence-electron chi connectivity index (χ0n) is 18.3. The van der Waals surface area contributed by atoms with Crippen molar-refractivity contribution in [1.82, 2.24) is 29.7 Å². The third-order valence-electron chi connectivity index (χ3n) is 5.74. The van der Waals surface area contributed by atoms with Gasteiger partial charge < -0.3 is 9.72 Å². The normalized spacial score (nSPS) is 13.1. The number of rotatable bonds is 9. The molecule has 1 saturated carbocycles. The van der Waals surface area contributed by atoms with Crippen molar-refractivity contribution in [3.8, 4) is 0 Å². The fourth-order valence-corrected chi connectivity index (χ4v) is 4.00. The summed E-state index contributed by atoms with van der Waals surface area (Å²) in [6, 6.07) is 6.80. The van der Waals surface area contributed by atoms with Crippen LogP contribution >= 0.6 is 11.6 Å². The van der Waals surface area contributed by atoms with Crippen molar-refractivity contribution in [2.24, 2.45) is 5.22 Å². The molecule has 178 valence electrons. The third kappa shape index (κ3) is 4.60. The molecule has 1 aliphatic rings. The van der Waals surface area contributed by atoms with Gasteiger partial charge in [0.25, 0.3) is 5.91 Å². The Morgan fingerprint density at radius 2 is 2.11 bits per heavy atom. The Bertz CT molecular complexity index is 1440. The molecule has 5 rings (SSSR count). The molecule has 11 nitrogen and oxygen atoms in total. The van der Waals surface area contributed by atoms with Crippen molar-refractivity contribution in [1.29, 1.82) is 10.9 Å². The Balaban J connectivity index is 1.28. The van der Waals surface area contributed by atoms with Crippen LogP contribution in [0.15, 0.2) is 48.1 Å². The predicted octanol–water partition coefficient (Wildman–Crippen LogP) is 3.93. The van der Waals surface area contributed by atoms with Gasteiger partial charge in [-0.3, -0.25) is 10.2 Å². The summed E-state index contributed by atoms with van der Waals surface area (Å²) in [7, 11) is 0. The fourth-order valence-electron chi connectivity index (χ4n) is 3.82.